The summed E-state index contributed by atoms with van der Waals surface area (Å²) in [5.74, 6) is -0.634. The minimum atomic E-state index is -0.413. The highest BCUT2D eigenvalue weighted by Crippen LogP contribution is 2.18. The van der Waals surface area contributed by atoms with Gasteiger partial charge in [-0.15, -0.1) is 5.10 Å². The molecule has 1 heterocycles. The number of aromatic nitrogens is 2. The molecule has 2 aromatic rings. The van der Waals surface area contributed by atoms with Crippen LogP contribution in [0.25, 0.3) is 0 Å². The molecule has 0 radical (unpaired) electrons. The predicted molar refractivity (Wildman–Crippen MR) is 59.4 cm³/mol. The number of hydrogen-bond donors (Lipinski definition) is 0. The molecule has 0 unspecified atom stereocenters. The second kappa shape index (κ2) is 4.67. The first-order chi connectivity index (χ1) is 7.66. The van der Waals surface area contributed by atoms with Crippen LogP contribution < -0.4 is 0 Å². The van der Waals surface area contributed by atoms with E-state index in [2.05, 4.69) is 9.59 Å². The zero-order valence-corrected chi connectivity index (χ0v) is 9.56. The lowest BCUT2D eigenvalue weighted by molar-refractivity contribution is 0.0988. The van der Waals surface area contributed by atoms with Gasteiger partial charge in [-0.05, 0) is 35.3 Å². The zero-order valence-electron chi connectivity index (χ0n) is 7.98. The SMILES string of the molecule is O=C(Cc1cc(F)ccc1Cl)c1csnn1. The van der Waals surface area contributed by atoms with E-state index in [9.17, 15) is 9.18 Å². The summed E-state index contributed by atoms with van der Waals surface area (Å²) in [6.07, 6.45) is 0.0298. The van der Waals surface area contributed by atoms with Gasteiger partial charge in [0.25, 0.3) is 0 Å². The molecule has 0 saturated carbocycles. The molecule has 1 aromatic carbocycles. The Morgan fingerprint density at radius 1 is 1.50 bits per heavy atom. The molecule has 0 atom stereocenters. The molecule has 82 valence electrons. The van der Waals surface area contributed by atoms with Crippen LogP contribution in [0.3, 0.4) is 0 Å². The first kappa shape index (κ1) is 11.2. The van der Waals surface area contributed by atoms with Crippen molar-refractivity contribution in [3.05, 3.63) is 45.7 Å². The molecule has 0 amide bonds. The summed E-state index contributed by atoms with van der Waals surface area (Å²) in [5, 5.41) is 5.57. The molecule has 3 nitrogen and oxygen atoms in total. The third-order valence-corrected chi connectivity index (χ3v) is 2.88. The Morgan fingerprint density at radius 2 is 2.31 bits per heavy atom. The highest BCUT2D eigenvalue weighted by Gasteiger charge is 2.12. The normalized spacial score (nSPS) is 10.4. The Balaban J connectivity index is 2.21. The van der Waals surface area contributed by atoms with Gasteiger partial charge in [-0.2, -0.15) is 0 Å². The molecule has 0 fully saturated rings. The maximum Gasteiger partial charge on any atom is 0.188 e. The largest absolute Gasteiger partial charge is 0.292 e. The van der Waals surface area contributed by atoms with E-state index in [-0.39, 0.29) is 17.9 Å². The minimum absolute atomic E-state index is 0.0298. The van der Waals surface area contributed by atoms with Crippen molar-refractivity contribution in [2.45, 2.75) is 6.42 Å². The molecule has 0 aliphatic carbocycles. The van der Waals surface area contributed by atoms with E-state index in [4.69, 9.17) is 11.6 Å². The van der Waals surface area contributed by atoms with Gasteiger partial charge in [0.1, 0.15) is 11.5 Å². The molecule has 0 aliphatic heterocycles. The van der Waals surface area contributed by atoms with E-state index < -0.39 is 5.82 Å². The molecule has 0 N–H and O–H groups in total. The zero-order chi connectivity index (χ0) is 11.5. The Morgan fingerprint density at radius 3 is 3.00 bits per heavy atom. The topological polar surface area (TPSA) is 42.9 Å². The van der Waals surface area contributed by atoms with Gasteiger partial charge >= 0.3 is 0 Å². The molecule has 16 heavy (non-hydrogen) atoms. The Hall–Kier alpha value is -1.33. The van der Waals surface area contributed by atoms with Crippen LogP contribution in [0.4, 0.5) is 4.39 Å². The summed E-state index contributed by atoms with van der Waals surface area (Å²) >= 11 is 6.95. The van der Waals surface area contributed by atoms with Crippen LogP contribution in [0.5, 0.6) is 0 Å². The summed E-state index contributed by atoms with van der Waals surface area (Å²) in [6, 6.07) is 3.93. The van der Waals surface area contributed by atoms with Gasteiger partial charge in [0.15, 0.2) is 5.78 Å². The number of benzene rings is 1. The molecule has 6 heteroatoms. The van der Waals surface area contributed by atoms with E-state index in [1.807, 2.05) is 0 Å². The monoisotopic (exact) mass is 256 g/mol. The van der Waals surface area contributed by atoms with Crippen molar-refractivity contribution >= 4 is 28.9 Å². The van der Waals surface area contributed by atoms with Crippen molar-refractivity contribution in [3.63, 3.8) is 0 Å². The summed E-state index contributed by atoms with van der Waals surface area (Å²) in [5.41, 5.74) is 0.741. The first-order valence-electron chi connectivity index (χ1n) is 4.41. The van der Waals surface area contributed by atoms with Crippen LogP contribution in [0, 0.1) is 5.82 Å². The van der Waals surface area contributed by atoms with Crippen LogP contribution in [0.2, 0.25) is 5.02 Å². The van der Waals surface area contributed by atoms with Crippen LogP contribution in [-0.4, -0.2) is 15.4 Å². The van der Waals surface area contributed by atoms with Crippen molar-refractivity contribution in [2.24, 2.45) is 0 Å². The average Bonchev–Trinajstić information content (AvgIpc) is 2.76. The van der Waals surface area contributed by atoms with Crippen molar-refractivity contribution in [1.29, 1.82) is 0 Å². The van der Waals surface area contributed by atoms with Gasteiger partial charge in [0.05, 0.1) is 0 Å². The van der Waals surface area contributed by atoms with Gasteiger partial charge in [-0.3, -0.25) is 4.79 Å². The Bertz CT molecular complexity index is 516. The molecular formula is C10H6ClFN2OS. The highest BCUT2D eigenvalue weighted by molar-refractivity contribution is 7.03. The molecule has 0 aliphatic rings. The van der Waals surface area contributed by atoms with Crippen LogP contribution >= 0.6 is 23.1 Å². The fourth-order valence-corrected chi connectivity index (χ4v) is 1.87. The number of hydrogen-bond acceptors (Lipinski definition) is 4. The maximum atomic E-state index is 12.9. The molecule has 0 spiro atoms. The molecule has 0 bridgehead atoms. The van der Waals surface area contributed by atoms with Gasteiger partial charge in [-0.1, -0.05) is 16.1 Å². The standard InChI is InChI=1S/C10H6ClFN2OS/c11-8-2-1-7(12)3-6(8)4-10(15)9-5-16-14-13-9/h1-3,5H,4H2. The maximum absolute atomic E-state index is 12.9. The van der Waals surface area contributed by atoms with Crippen molar-refractivity contribution < 1.29 is 9.18 Å². The number of Topliss-reactive ketones (excluding diaryl/α,β-unsaturated/α-hetero) is 1. The first-order valence-corrected chi connectivity index (χ1v) is 5.62. The lowest BCUT2D eigenvalue weighted by Gasteiger charge is -2.01. The predicted octanol–water partition coefficient (Wildman–Crippen LogP) is 2.76. The third-order valence-electron chi connectivity index (χ3n) is 2.00. The van der Waals surface area contributed by atoms with Gasteiger partial charge in [-0.25, -0.2) is 4.39 Å². The summed E-state index contributed by atoms with van der Waals surface area (Å²) in [7, 11) is 0. The van der Waals surface area contributed by atoms with E-state index in [0.717, 1.165) is 11.5 Å². The van der Waals surface area contributed by atoms with E-state index in [1.54, 1.807) is 5.38 Å². The fraction of sp³-hybridized carbons (Fsp3) is 0.100. The highest BCUT2D eigenvalue weighted by atomic mass is 35.5. The molecule has 2 rings (SSSR count). The second-order valence-corrected chi connectivity index (χ2v) is 4.14. The van der Waals surface area contributed by atoms with Crippen LogP contribution in [-0.2, 0) is 6.42 Å². The minimum Gasteiger partial charge on any atom is -0.292 e. The van der Waals surface area contributed by atoms with Gasteiger partial charge in [0, 0.05) is 16.8 Å². The number of ketones is 1. The van der Waals surface area contributed by atoms with Gasteiger partial charge in [0.2, 0.25) is 0 Å². The molecule has 0 saturated heterocycles. The van der Waals surface area contributed by atoms with Crippen LogP contribution in [0.1, 0.15) is 16.1 Å². The van der Waals surface area contributed by atoms with Crippen molar-refractivity contribution in [2.75, 3.05) is 0 Å². The number of rotatable bonds is 3. The lowest BCUT2D eigenvalue weighted by Crippen LogP contribution is -2.04. The van der Waals surface area contributed by atoms with E-state index in [1.165, 1.54) is 18.2 Å². The number of carbonyl (C=O) groups is 1. The Labute approximate surface area is 100 Å². The second-order valence-electron chi connectivity index (χ2n) is 3.13. The summed E-state index contributed by atoms with van der Waals surface area (Å²) < 4.78 is 16.5. The summed E-state index contributed by atoms with van der Waals surface area (Å²) in [4.78, 5) is 11.7. The fourth-order valence-electron chi connectivity index (χ4n) is 1.23. The smallest absolute Gasteiger partial charge is 0.188 e. The number of halogens is 2. The quantitative estimate of drug-likeness (QED) is 0.793. The number of carbonyl (C=O) groups excluding carboxylic acids is 1. The van der Waals surface area contributed by atoms with Crippen molar-refractivity contribution in [3.8, 4) is 0 Å². The molecule has 1 aromatic heterocycles. The summed E-state index contributed by atoms with van der Waals surface area (Å²) in [6.45, 7) is 0. The van der Waals surface area contributed by atoms with Crippen molar-refractivity contribution in [1.82, 2.24) is 9.59 Å². The average molecular weight is 257 g/mol. The van der Waals surface area contributed by atoms with Crippen LogP contribution in [0.15, 0.2) is 23.6 Å². The Kier molecular flexibility index (Phi) is 3.26. The number of nitrogens with zero attached hydrogens (tertiary/aromatic N) is 2. The molecular weight excluding hydrogens is 251 g/mol. The van der Waals surface area contributed by atoms with Gasteiger partial charge < -0.3 is 0 Å². The van der Waals surface area contributed by atoms with E-state index in [0.29, 0.717) is 10.6 Å². The third kappa shape index (κ3) is 2.43. The van der Waals surface area contributed by atoms with E-state index >= 15 is 0 Å². The lowest BCUT2D eigenvalue weighted by atomic mass is 10.1.